The van der Waals surface area contributed by atoms with Crippen LogP contribution in [0.15, 0.2) is 42.6 Å². The topological polar surface area (TPSA) is 60.2 Å². The monoisotopic (exact) mass is 333 g/mol. The number of halogens is 3. The summed E-state index contributed by atoms with van der Waals surface area (Å²) in [4.78, 5) is 5.56. The molecule has 1 fully saturated rings. The Kier molecular flexibility index (Phi) is 4.16. The Bertz CT molecular complexity index is 785. The zero-order valence-corrected chi connectivity index (χ0v) is 12.5. The van der Waals surface area contributed by atoms with Gasteiger partial charge >= 0.3 is 6.18 Å². The summed E-state index contributed by atoms with van der Waals surface area (Å²) in [6.07, 6.45) is -3.58. The molecule has 1 aromatic carbocycles. The normalized spacial score (nSPS) is 20.9. The molecule has 1 aliphatic heterocycles. The van der Waals surface area contributed by atoms with Crippen molar-refractivity contribution in [3.05, 3.63) is 59.4 Å². The lowest BCUT2D eigenvalue weighted by Crippen LogP contribution is -2.26. The van der Waals surface area contributed by atoms with Crippen LogP contribution in [0.25, 0.3) is 0 Å². The molecule has 24 heavy (non-hydrogen) atoms. The standard InChI is InChI=1S/C17H14F3N3O/c18-17(19,20)15-4-2-1-3-14(15)16-8-13(24)10-23(16)12-5-6-22-11(7-12)9-21/h1-7,13,16,24H,8,10H2/t13-,16+/m0/s1. The van der Waals surface area contributed by atoms with Gasteiger partial charge in [-0.25, -0.2) is 4.98 Å². The highest BCUT2D eigenvalue weighted by molar-refractivity contribution is 5.53. The van der Waals surface area contributed by atoms with Gasteiger partial charge in [0.05, 0.1) is 17.7 Å². The fourth-order valence-electron chi connectivity index (χ4n) is 3.10. The van der Waals surface area contributed by atoms with E-state index in [4.69, 9.17) is 5.26 Å². The van der Waals surface area contributed by atoms with Crippen molar-refractivity contribution in [2.75, 3.05) is 11.4 Å². The maximum Gasteiger partial charge on any atom is 0.416 e. The number of nitriles is 1. The smallest absolute Gasteiger partial charge is 0.391 e. The molecule has 2 atom stereocenters. The summed E-state index contributed by atoms with van der Waals surface area (Å²) < 4.78 is 39.9. The molecule has 2 heterocycles. The van der Waals surface area contributed by atoms with Crippen molar-refractivity contribution in [3.8, 4) is 6.07 Å². The second-order valence-corrected chi connectivity index (χ2v) is 5.65. The average Bonchev–Trinajstić information content (AvgIpc) is 2.96. The number of nitrogens with zero attached hydrogens (tertiary/aromatic N) is 3. The number of alkyl halides is 3. The summed E-state index contributed by atoms with van der Waals surface area (Å²) in [6.45, 7) is 0.200. The molecule has 0 amide bonds. The molecular weight excluding hydrogens is 319 g/mol. The fraction of sp³-hybridized carbons (Fsp3) is 0.294. The first-order valence-electron chi connectivity index (χ1n) is 7.37. The van der Waals surface area contributed by atoms with Gasteiger partial charge in [0.25, 0.3) is 0 Å². The molecule has 1 aliphatic rings. The summed E-state index contributed by atoms with van der Waals surface area (Å²) in [5, 5.41) is 19.0. The Morgan fingerprint density at radius 3 is 2.71 bits per heavy atom. The van der Waals surface area contributed by atoms with Gasteiger partial charge in [0.1, 0.15) is 11.8 Å². The van der Waals surface area contributed by atoms with Crippen molar-refractivity contribution in [2.24, 2.45) is 0 Å². The highest BCUT2D eigenvalue weighted by Gasteiger charge is 2.39. The minimum Gasteiger partial charge on any atom is -0.391 e. The van der Waals surface area contributed by atoms with Gasteiger partial charge in [-0.3, -0.25) is 0 Å². The van der Waals surface area contributed by atoms with Crippen LogP contribution >= 0.6 is 0 Å². The van der Waals surface area contributed by atoms with Crippen molar-refractivity contribution in [1.82, 2.24) is 4.98 Å². The van der Waals surface area contributed by atoms with Gasteiger partial charge in [-0.2, -0.15) is 18.4 Å². The van der Waals surface area contributed by atoms with Crippen LogP contribution in [-0.2, 0) is 6.18 Å². The van der Waals surface area contributed by atoms with E-state index in [-0.39, 0.29) is 24.2 Å². The number of aliphatic hydroxyl groups excluding tert-OH is 1. The zero-order valence-electron chi connectivity index (χ0n) is 12.5. The SMILES string of the molecule is N#Cc1cc(N2C[C@@H](O)C[C@@H]2c2ccccc2C(F)(F)F)ccn1. The fourth-order valence-corrected chi connectivity index (χ4v) is 3.10. The molecule has 1 N–H and O–H groups in total. The molecule has 0 saturated carbocycles. The number of anilines is 1. The first-order chi connectivity index (χ1) is 11.4. The second-order valence-electron chi connectivity index (χ2n) is 5.65. The Hall–Kier alpha value is -2.59. The highest BCUT2D eigenvalue weighted by atomic mass is 19.4. The summed E-state index contributed by atoms with van der Waals surface area (Å²) in [7, 11) is 0. The van der Waals surface area contributed by atoms with Gasteiger partial charge in [0.15, 0.2) is 0 Å². The van der Waals surface area contributed by atoms with Crippen LogP contribution < -0.4 is 4.90 Å². The molecule has 124 valence electrons. The number of aliphatic hydroxyl groups is 1. The minimum atomic E-state index is -4.47. The Labute approximate surface area is 136 Å². The molecule has 7 heteroatoms. The van der Waals surface area contributed by atoms with Crippen molar-refractivity contribution < 1.29 is 18.3 Å². The molecule has 3 rings (SSSR count). The number of pyridine rings is 1. The third-order valence-electron chi connectivity index (χ3n) is 4.09. The second kappa shape index (κ2) is 6.13. The molecule has 0 aliphatic carbocycles. The predicted octanol–water partition coefficient (Wildman–Crippen LogP) is 3.28. The third-order valence-corrected chi connectivity index (χ3v) is 4.09. The molecule has 2 aromatic rings. The maximum absolute atomic E-state index is 13.3. The number of aromatic nitrogens is 1. The van der Waals surface area contributed by atoms with E-state index < -0.39 is 23.9 Å². The van der Waals surface area contributed by atoms with E-state index in [0.717, 1.165) is 6.07 Å². The first kappa shape index (κ1) is 16.3. The Balaban J connectivity index is 2.05. The molecule has 1 saturated heterocycles. The molecule has 0 unspecified atom stereocenters. The van der Waals surface area contributed by atoms with Crippen molar-refractivity contribution >= 4 is 5.69 Å². The van der Waals surface area contributed by atoms with Crippen LogP contribution in [0.2, 0.25) is 0 Å². The van der Waals surface area contributed by atoms with Crippen molar-refractivity contribution in [2.45, 2.75) is 24.7 Å². The highest BCUT2D eigenvalue weighted by Crippen LogP contribution is 2.42. The van der Waals surface area contributed by atoms with Gasteiger partial charge < -0.3 is 10.0 Å². The van der Waals surface area contributed by atoms with E-state index in [1.807, 2.05) is 6.07 Å². The molecule has 4 nitrogen and oxygen atoms in total. The van der Waals surface area contributed by atoms with Crippen LogP contribution in [-0.4, -0.2) is 22.7 Å². The number of rotatable bonds is 2. The maximum atomic E-state index is 13.3. The van der Waals surface area contributed by atoms with Crippen LogP contribution in [0.1, 0.15) is 29.3 Å². The van der Waals surface area contributed by atoms with E-state index in [1.54, 1.807) is 17.0 Å². The van der Waals surface area contributed by atoms with Gasteiger partial charge in [-0.05, 0) is 30.2 Å². The Morgan fingerprint density at radius 1 is 1.25 bits per heavy atom. The van der Waals surface area contributed by atoms with Crippen molar-refractivity contribution in [3.63, 3.8) is 0 Å². The summed E-state index contributed by atoms with van der Waals surface area (Å²) >= 11 is 0. The van der Waals surface area contributed by atoms with Crippen LogP contribution in [0.5, 0.6) is 0 Å². The van der Waals surface area contributed by atoms with Crippen LogP contribution in [0, 0.1) is 11.3 Å². The van der Waals surface area contributed by atoms with E-state index in [2.05, 4.69) is 4.98 Å². The number of hydrogen-bond acceptors (Lipinski definition) is 4. The van der Waals surface area contributed by atoms with E-state index in [9.17, 15) is 18.3 Å². The van der Waals surface area contributed by atoms with Crippen LogP contribution in [0.4, 0.5) is 18.9 Å². The summed E-state index contributed by atoms with van der Waals surface area (Å²) in [5.74, 6) is 0. The molecular formula is C17H14F3N3O. The van der Waals surface area contributed by atoms with E-state index >= 15 is 0 Å². The summed E-state index contributed by atoms with van der Waals surface area (Å²) in [6, 6.07) is 9.82. The predicted molar refractivity (Wildman–Crippen MR) is 81.1 cm³/mol. The number of β-amino-alcohol motifs (C(OH)–C–C–N with tert-alkyl or cyclic N) is 1. The number of benzene rings is 1. The molecule has 0 bridgehead atoms. The third kappa shape index (κ3) is 3.05. The Morgan fingerprint density at radius 2 is 2.00 bits per heavy atom. The minimum absolute atomic E-state index is 0.122. The van der Waals surface area contributed by atoms with Gasteiger partial charge in [-0.1, -0.05) is 18.2 Å². The van der Waals surface area contributed by atoms with Gasteiger partial charge in [0, 0.05) is 18.4 Å². The molecule has 0 radical (unpaired) electrons. The van der Waals surface area contributed by atoms with E-state index in [1.165, 1.54) is 24.4 Å². The number of hydrogen-bond donors (Lipinski definition) is 1. The first-order valence-corrected chi connectivity index (χ1v) is 7.37. The van der Waals surface area contributed by atoms with Gasteiger partial charge in [-0.15, -0.1) is 0 Å². The summed E-state index contributed by atoms with van der Waals surface area (Å²) in [5.41, 5.74) is 0.164. The van der Waals surface area contributed by atoms with E-state index in [0.29, 0.717) is 5.69 Å². The molecule has 1 aromatic heterocycles. The van der Waals surface area contributed by atoms with Gasteiger partial charge in [0.2, 0.25) is 0 Å². The lowest BCUT2D eigenvalue weighted by atomic mass is 9.97. The van der Waals surface area contributed by atoms with Crippen LogP contribution in [0.3, 0.4) is 0 Å². The average molecular weight is 333 g/mol. The quantitative estimate of drug-likeness (QED) is 0.916. The zero-order chi connectivity index (χ0) is 17.3. The lowest BCUT2D eigenvalue weighted by molar-refractivity contribution is -0.138. The van der Waals surface area contributed by atoms with Crippen molar-refractivity contribution in [1.29, 1.82) is 5.26 Å². The molecule has 0 spiro atoms. The largest absolute Gasteiger partial charge is 0.416 e. The lowest BCUT2D eigenvalue weighted by Gasteiger charge is -2.28.